The van der Waals surface area contributed by atoms with Crippen molar-refractivity contribution in [2.24, 2.45) is 10.8 Å². The van der Waals surface area contributed by atoms with Gasteiger partial charge in [0.25, 0.3) is 0 Å². The molecular formula is C11H24O2Ti. The molecule has 0 bridgehead atoms. The molecule has 0 aromatic carbocycles. The van der Waals surface area contributed by atoms with Crippen LogP contribution in [-0.2, 0) is 21.7 Å². The zero-order valence-corrected chi connectivity index (χ0v) is 11.8. The number of aliphatic hydroxyl groups is 2. The van der Waals surface area contributed by atoms with E-state index in [0.29, 0.717) is 6.42 Å². The molecule has 2 nitrogen and oxygen atoms in total. The van der Waals surface area contributed by atoms with Crippen LogP contribution < -0.4 is 0 Å². The van der Waals surface area contributed by atoms with Crippen LogP contribution in [0.15, 0.2) is 0 Å². The Morgan fingerprint density at radius 1 is 0.786 bits per heavy atom. The van der Waals surface area contributed by atoms with Gasteiger partial charge < -0.3 is 10.2 Å². The van der Waals surface area contributed by atoms with E-state index in [0.717, 1.165) is 0 Å². The van der Waals surface area contributed by atoms with Gasteiger partial charge in [-0.05, 0) is 10.8 Å². The largest absolute Gasteiger partial charge is 0.392 e. The molecule has 2 N–H and O–H groups in total. The Hall–Kier alpha value is 0.634. The Labute approximate surface area is 103 Å². The summed E-state index contributed by atoms with van der Waals surface area (Å²) in [7, 11) is 0. The maximum atomic E-state index is 9.76. The molecule has 3 heteroatoms. The van der Waals surface area contributed by atoms with Gasteiger partial charge in [0.15, 0.2) is 0 Å². The van der Waals surface area contributed by atoms with Gasteiger partial charge in [-0.2, -0.15) is 0 Å². The molecule has 0 saturated carbocycles. The summed E-state index contributed by atoms with van der Waals surface area (Å²) in [4.78, 5) is 0. The van der Waals surface area contributed by atoms with Crippen LogP contribution in [-0.4, -0.2) is 22.4 Å². The molecule has 0 amide bonds. The van der Waals surface area contributed by atoms with Crippen molar-refractivity contribution in [1.29, 1.82) is 0 Å². The zero-order chi connectivity index (χ0) is 10.9. The van der Waals surface area contributed by atoms with E-state index >= 15 is 0 Å². The van der Waals surface area contributed by atoms with Crippen LogP contribution in [0.2, 0.25) is 0 Å². The zero-order valence-electron chi connectivity index (χ0n) is 10.3. The summed E-state index contributed by atoms with van der Waals surface area (Å²) >= 11 is 0. The normalized spacial score (nSPS) is 17.1. The summed E-state index contributed by atoms with van der Waals surface area (Å²) < 4.78 is 0. The molecule has 14 heavy (non-hydrogen) atoms. The topological polar surface area (TPSA) is 40.5 Å². The first kappa shape index (κ1) is 17.0. The van der Waals surface area contributed by atoms with E-state index in [9.17, 15) is 10.2 Å². The maximum Gasteiger partial charge on any atom is 0.0613 e. The molecule has 0 saturated heterocycles. The van der Waals surface area contributed by atoms with Gasteiger partial charge in [-0.3, -0.25) is 0 Å². The van der Waals surface area contributed by atoms with Gasteiger partial charge in [0.05, 0.1) is 12.2 Å². The number of hydrogen-bond acceptors (Lipinski definition) is 2. The van der Waals surface area contributed by atoms with Crippen molar-refractivity contribution in [2.45, 2.75) is 60.2 Å². The van der Waals surface area contributed by atoms with Crippen LogP contribution in [0.1, 0.15) is 48.0 Å². The molecule has 0 spiro atoms. The van der Waals surface area contributed by atoms with Gasteiger partial charge in [0.1, 0.15) is 0 Å². The Kier molecular flexibility index (Phi) is 6.87. The van der Waals surface area contributed by atoms with E-state index in [1.807, 2.05) is 41.5 Å². The summed E-state index contributed by atoms with van der Waals surface area (Å²) in [5.74, 6) is 0. The SMILES string of the molecule is CC(C)(C)C(O)CC(O)C(C)(C)C.[Ti]. The third-order valence-electron chi connectivity index (χ3n) is 2.45. The van der Waals surface area contributed by atoms with Crippen LogP contribution in [0.3, 0.4) is 0 Å². The minimum Gasteiger partial charge on any atom is -0.392 e. The van der Waals surface area contributed by atoms with E-state index in [1.165, 1.54) is 0 Å². The van der Waals surface area contributed by atoms with Crippen molar-refractivity contribution < 1.29 is 31.9 Å². The second-order valence-electron chi connectivity index (χ2n) is 6.00. The average Bonchev–Trinajstić information content (AvgIpc) is 1.82. The molecule has 0 heterocycles. The number of hydrogen-bond donors (Lipinski definition) is 2. The van der Waals surface area contributed by atoms with Crippen LogP contribution in [0, 0.1) is 10.8 Å². The first-order valence-electron chi connectivity index (χ1n) is 4.91. The van der Waals surface area contributed by atoms with Crippen molar-refractivity contribution in [3.05, 3.63) is 0 Å². The monoisotopic (exact) mass is 236 g/mol. The minimum atomic E-state index is -0.443. The second-order valence-corrected chi connectivity index (χ2v) is 6.00. The molecule has 2 atom stereocenters. The van der Waals surface area contributed by atoms with E-state index in [2.05, 4.69) is 0 Å². The van der Waals surface area contributed by atoms with Gasteiger partial charge in [-0.25, -0.2) is 0 Å². The molecule has 0 fully saturated rings. The Balaban J connectivity index is 0. The van der Waals surface area contributed by atoms with Crippen molar-refractivity contribution in [3.63, 3.8) is 0 Å². The van der Waals surface area contributed by atoms with E-state index in [1.54, 1.807) is 0 Å². The van der Waals surface area contributed by atoms with Crippen LogP contribution >= 0.6 is 0 Å². The van der Waals surface area contributed by atoms with E-state index in [-0.39, 0.29) is 32.5 Å². The molecule has 0 rings (SSSR count). The fourth-order valence-corrected chi connectivity index (χ4v) is 0.919. The molecule has 0 aliphatic carbocycles. The molecule has 0 aliphatic rings. The van der Waals surface area contributed by atoms with Gasteiger partial charge in [-0.15, -0.1) is 0 Å². The summed E-state index contributed by atoms with van der Waals surface area (Å²) in [6.07, 6.45) is -0.434. The molecule has 0 aromatic heterocycles. The third-order valence-corrected chi connectivity index (χ3v) is 2.45. The van der Waals surface area contributed by atoms with Crippen molar-refractivity contribution in [3.8, 4) is 0 Å². The molecule has 0 aliphatic heterocycles. The Bertz CT molecular complexity index is 138. The predicted octanol–water partition coefficient (Wildman–Crippen LogP) is 2.19. The van der Waals surface area contributed by atoms with Gasteiger partial charge in [0, 0.05) is 28.1 Å². The van der Waals surface area contributed by atoms with Crippen LogP contribution in [0.4, 0.5) is 0 Å². The molecular weight excluding hydrogens is 212 g/mol. The third kappa shape index (κ3) is 6.18. The quantitative estimate of drug-likeness (QED) is 0.721. The Morgan fingerprint density at radius 2 is 1.00 bits per heavy atom. The van der Waals surface area contributed by atoms with Crippen LogP contribution in [0.25, 0.3) is 0 Å². The predicted molar refractivity (Wildman–Crippen MR) is 55.5 cm³/mol. The van der Waals surface area contributed by atoms with E-state index in [4.69, 9.17) is 0 Å². The molecule has 84 valence electrons. The Morgan fingerprint density at radius 3 is 1.14 bits per heavy atom. The summed E-state index contributed by atoms with van der Waals surface area (Å²) in [6, 6.07) is 0. The molecule has 0 radical (unpaired) electrons. The second kappa shape index (κ2) is 5.65. The van der Waals surface area contributed by atoms with Crippen molar-refractivity contribution >= 4 is 0 Å². The summed E-state index contributed by atoms with van der Waals surface area (Å²) in [6.45, 7) is 11.9. The maximum absolute atomic E-state index is 9.76. The number of aliphatic hydroxyl groups excluding tert-OH is 2. The standard InChI is InChI=1S/C11H24O2.Ti/c1-10(2,3)8(12)7-9(13)11(4,5)6;/h8-9,12-13H,7H2,1-6H3;. The molecule has 0 aromatic rings. The van der Waals surface area contributed by atoms with Crippen LogP contribution in [0.5, 0.6) is 0 Å². The summed E-state index contributed by atoms with van der Waals surface area (Å²) in [5.41, 5.74) is -0.293. The fourth-order valence-electron chi connectivity index (χ4n) is 0.919. The average molecular weight is 236 g/mol. The first-order chi connectivity index (χ1) is 5.55. The van der Waals surface area contributed by atoms with Crippen molar-refractivity contribution in [1.82, 2.24) is 0 Å². The minimum absolute atomic E-state index is 0. The van der Waals surface area contributed by atoms with Gasteiger partial charge in [-0.1, -0.05) is 41.5 Å². The van der Waals surface area contributed by atoms with Gasteiger partial charge in [0.2, 0.25) is 0 Å². The van der Waals surface area contributed by atoms with E-state index < -0.39 is 12.2 Å². The summed E-state index contributed by atoms with van der Waals surface area (Å²) in [5, 5.41) is 19.5. The first-order valence-corrected chi connectivity index (χ1v) is 4.91. The smallest absolute Gasteiger partial charge is 0.0613 e. The van der Waals surface area contributed by atoms with Crippen molar-refractivity contribution in [2.75, 3.05) is 0 Å². The number of rotatable bonds is 2. The van der Waals surface area contributed by atoms with Gasteiger partial charge >= 0.3 is 0 Å². The fraction of sp³-hybridized carbons (Fsp3) is 1.00. The molecule has 2 unspecified atom stereocenters.